The van der Waals surface area contributed by atoms with E-state index in [2.05, 4.69) is 25.1 Å². The summed E-state index contributed by atoms with van der Waals surface area (Å²) in [6.07, 6.45) is 1.62. The van der Waals surface area contributed by atoms with E-state index in [1.807, 2.05) is 43.0 Å². The summed E-state index contributed by atoms with van der Waals surface area (Å²) in [6, 6.07) is 5.61. The molecule has 0 N–H and O–H groups in total. The SMILES string of the molecule is Cc1cc(N2CC3CN(C(=O)c4ccc(N(C)C)nn4)CC3C2)ncn1. The fourth-order valence-electron chi connectivity index (χ4n) is 3.80. The van der Waals surface area contributed by atoms with Gasteiger partial charge in [0.05, 0.1) is 0 Å². The molecule has 4 rings (SSSR count). The molecule has 2 aliphatic rings. The number of carbonyl (C=O) groups is 1. The summed E-state index contributed by atoms with van der Waals surface area (Å²) in [5, 5.41) is 8.21. The van der Waals surface area contributed by atoms with Crippen LogP contribution in [-0.4, -0.2) is 71.2 Å². The monoisotopic (exact) mass is 353 g/mol. The first-order valence-electron chi connectivity index (χ1n) is 8.85. The summed E-state index contributed by atoms with van der Waals surface area (Å²) in [6.45, 7) is 5.36. The van der Waals surface area contributed by atoms with Gasteiger partial charge >= 0.3 is 0 Å². The van der Waals surface area contributed by atoms with Crippen LogP contribution in [0.1, 0.15) is 16.2 Å². The van der Waals surface area contributed by atoms with Gasteiger partial charge in [0, 0.05) is 63.9 Å². The average Bonchev–Trinajstić information content (AvgIpc) is 3.20. The zero-order valence-electron chi connectivity index (χ0n) is 15.3. The summed E-state index contributed by atoms with van der Waals surface area (Å²) in [4.78, 5) is 27.4. The lowest BCUT2D eigenvalue weighted by atomic mass is 10.0. The third-order valence-electron chi connectivity index (χ3n) is 5.21. The molecule has 0 spiro atoms. The van der Waals surface area contributed by atoms with E-state index in [0.717, 1.165) is 43.5 Å². The van der Waals surface area contributed by atoms with E-state index in [4.69, 9.17) is 0 Å². The first kappa shape index (κ1) is 16.7. The molecule has 8 heteroatoms. The molecule has 2 unspecified atom stereocenters. The van der Waals surface area contributed by atoms with Crippen molar-refractivity contribution in [3.63, 3.8) is 0 Å². The van der Waals surface area contributed by atoms with Gasteiger partial charge in [0.25, 0.3) is 5.91 Å². The minimum Gasteiger partial charge on any atom is -0.361 e. The van der Waals surface area contributed by atoms with Crippen molar-refractivity contribution in [3.8, 4) is 0 Å². The van der Waals surface area contributed by atoms with Gasteiger partial charge in [-0.2, -0.15) is 0 Å². The zero-order chi connectivity index (χ0) is 18.3. The summed E-state index contributed by atoms with van der Waals surface area (Å²) >= 11 is 0. The lowest BCUT2D eigenvalue weighted by Gasteiger charge is -2.22. The molecule has 0 radical (unpaired) electrons. The number of hydrogen-bond donors (Lipinski definition) is 0. The third-order valence-corrected chi connectivity index (χ3v) is 5.21. The van der Waals surface area contributed by atoms with Gasteiger partial charge < -0.3 is 14.7 Å². The van der Waals surface area contributed by atoms with E-state index in [-0.39, 0.29) is 5.91 Å². The van der Waals surface area contributed by atoms with Crippen molar-refractivity contribution in [3.05, 3.63) is 35.9 Å². The maximum Gasteiger partial charge on any atom is 0.274 e. The number of likely N-dealkylation sites (tertiary alicyclic amines) is 1. The molecule has 2 aromatic rings. The summed E-state index contributed by atoms with van der Waals surface area (Å²) < 4.78 is 0. The van der Waals surface area contributed by atoms with Crippen LogP contribution in [0.5, 0.6) is 0 Å². The van der Waals surface area contributed by atoms with E-state index in [0.29, 0.717) is 17.5 Å². The van der Waals surface area contributed by atoms with Gasteiger partial charge in [0.2, 0.25) is 0 Å². The van der Waals surface area contributed by atoms with Gasteiger partial charge in [-0.3, -0.25) is 4.79 Å². The highest BCUT2D eigenvalue weighted by Crippen LogP contribution is 2.33. The zero-order valence-corrected chi connectivity index (χ0v) is 15.3. The molecule has 2 aliphatic heterocycles. The topological polar surface area (TPSA) is 78.4 Å². The Balaban J connectivity index is 1.40. The normalized spacial score (nSPS) is 21.8. The van der Waals surface area contributed by atoms with Crippen LogP contribution in [-0.2, 0) is 0 Å². The Labute approximate surface area is 152 Å². The second kappa shape index (κ2) is 6.51. The number of aryl methyl sites for hydroxylation is 1. The lowest BCUT2D eigenvalue weighted by molar-refractivity contribution is 0.0775. The van der Waals surface area contributed by atoms with Gasteiger partial charge in [0.1, 0.15) is 12.1 Å². The van der Waals surface area contributed by atoms with Crippen LogP contribution in [0, 0.1) is 18.8 Å². The molecule has 4 heterocycles. The second-order valence-electron chi connectivity index (χ2n) is 7.32. The Morgan fingerprint density at radius 1 is 1.08 bits per heavy atom. The molecule has 2 atom stereocenters. The number of nitrogens with zero attached hydrogens (tertiary/aromatic N) is 7. The van der Waals surface area contributed by atoms with Gasteiger partial charge in [-0.05, 0) is 19.1 Å². The van der Waals surface area contributed by atoms with E-state index in [9.17, 15) is 4.79 Å². The minimum absolute atomic E-state index is 0.0263. The molecule has 0 aromatic carbocycles. The molecule has 8 nitrogen and oxygen atoms in total. The number of aromatic nitrogens is 4. The highest BCUT2D eigenvalue weighted by molar-refractivity contribution is 5.92. The maximum absolute atomic E-state index is 12.7. The predicted octanol–water partition coefficient (Wildman–Crippen LogP) is 0.849. The molecule has 26 heavy (non-hydrogen) atoms. The Bertz CT molecular complexity index is 793. The van der Waals surface area contributed by atoms with E-state index in [1.54, 1.807) is 12.4 Å². The fraction of sp³-hybridized carbons (Fsp3) is 0.500. The van der Waals surface area contributed by atoms with Crippen molar-refractivity contribution in [2.75, 3.05) is 50.1 Å². The van der Waals surface area contributed by atoms with Gasteiger partial charge in [0.15, 0.2) is 11.5 Å². The van der Waals surface area contributed by atoms with Gasteiger partial charge in [-0.15, -0.1) is 10.2 Å². The van der Waals surface area contributed by atoms with Crippen LogP contribution < -0.4 is 9.80 Å². The molecular formula is C18H23N7O. The van der Waals surface area contributed by atoms with Crippen molar-refractivity contribution in [1.82, 2.24) is 25.1 Å². The third kappa shape index (κ3) is 3.07. The van der Waals surface area contributed by atoms with Crippen LogP contribution in [0.2, 0.25) is 0 Å². The summed E-state index contributed by atoms with van der Waals surface area (Å²) in [7, 11) is 3.80. The molecular weight excluding hydrogens is 330 g/mol. The van der Waals surface area contributed by atoms with Crippen LogP contribution in [0.15, 0.2) is 24.5 Å². The number of anilines is 2. The Hall–Kier alpha value is -2.77. The van der Waals surface area contributed by atoms with E-state index in [1.165, 1.54) is 0 Å². The molecule has 0 aliphatic carbocycles. The van der Waals surface area contributed by atoms with Crippen molar-refractivity contribution in [2.45, 2.75) is 6.92 Å². The van der Waals surface area contributed by atoms with Gasteiger partial charge in [-0.1, -0.05) is 0 Å². The summed E-state index contributed by atoms with van der Waals surface area (Å²) in [5.74, 6) is 2.65. The van der Waals surface area contributed by atoms with Crippen molar-refractivity contribution < 1.29 is 4.79 Å². The Morgan fingerprint density at radius 3 is 2.38 bits per heavy atom. The first-order chi connectivity index (χ1) is 12.5. The molecule has 2 fully saturated rings. The van der Waals surface area contributed by atoms with Crippen molar-refractivity contribution in [1.29, 1.82) is 0 Å². The lowest BCUT2D eigenvalue weighted by Crippen LogP contribution is -2.34. The highest BCUT2D eigenvalue weighted by Gasteiger charge is 2.42. The molecule has 2 saturated heterocycles. The number of amides is 1. The van der Waals surface area contributed by atoms with E-state index >= 15 is 0 Å². The standard InChI is InChI=1S/C18H23N7O/c1-12-6-17(20-11-19-12)24-7-13-9-25(10-14(13)8-24)18(26)15-4-5-16(22-21-15)23(2)3/h4-6,11,13-14H,7-10H2,1-3H3. The second-order valence-corrected chi connectivity index (χ2v) is 7.32. The van der Waals surface area contributed by atoms with Crippen LogP contribution >= 0.6 is 0 Å². The minimum atomic E-state index is -0.0263. The average molecular weight is 353 g/mol. The maximum atomic E-state index is 12.7. The number of fused-ring (bicyclic) bond motifs is 1. The van der Waals surface area contributed by atoms with Gasteiger partial charge in [-0.25, -0.2) is 9.97 Å². The van der Waals surface area contributed by atoms with Crippen molar-refractivity contribution >= 4 is 17.5 Å². The molecule has 1 amide bonds. The molecule has 0 bridgehead atoms. The van der Waals surface area contributed by atoms with Crippen LogP contribution in [0.25, 0.3) is 0 Å². The Kier molecular flexibility index (Phi) is 4.18. The highest BCUT2D eigenvalue weighted by atomic mass is 16.2. The molecule has 0 saturated carbocycles. The molecule has 2 aromatic heterocycles. The first-order valence-corrected chi connectivity index (χ1v) is 8.85. The largest absolute Gasteiger partial charge is 0.361 e. The van der Waals surface area contributed by atoms with Crippen molar-refractivity contribution in [2.24, 2.45) is 11.8 Å². The predicted molar refractivity (Wildman–Crippen MR) is 98.2 cm³/mol. The number of rotatable bonds is 3. The Morgan fingerprint density at radius 2 is 1.81 bits per heavy atom. The smallest absolute Gasteiger partial charge is 0.274 e. The summed E-state index contributed by atoms with van der Waals surface area (Å²) in [5.41, 5.74) is 1.39. The van der Waals surface area contributed by atoms with Crippen LogP contribution in [0.4, 0.5) is 11.6 Å². The van der Waals surface area contributed by atoms with Crippen LogP contribution in [0.3, 0.4) is 0 Å². The quantitative estimate of drug-likeness (QED) is 0.809. The number of hydrogen-bond acceptors (Lipinski definition) is 7. The molecule has 136 valence electrons. The fourth-order valence-corrected chi connectivity index (χ4v) is 3.80. The van der Waals surface area contributed by atoms with E-state index < -0.39 is 0 Å². The number of carbonyl (C=O) groups excluding carboxylic acids is 1.